The summed E-state index contributed by atoms with van der Waals surface area (Å²) in [7, 11) is 0. The van der Waals surface area contributed by atoms with Gasteiger partial charge in [-0.05, 0) is 37.0 Å². The van der Waals surface area contributed by atoms with Crippen LogP contribution in [0.3, 0.4) is 0 Å². The first-order chi connectivity index (χ1) is 10.1. The molecule has 6 heteroatoms. The fourth-order valence-corrected chi connectivity index (χ4v) is 3.24. The van der Waals surface area contributed by atoms with Gasteiger partial charge in [0.2, 0.25) is 5.91 Å². The van der Waals surface area contributed by atoms with Crippen LogP contribution >= 0.6 is 11.8 Å². The minimum absolute atomic E-state index is 0.114. The van der Waals surface area contributed by atoms with Crippen LogP contribution in [0, 0.1) is 17.6 Å². The van der Waals surface area contributed by atoms with Gasteiger partial charge in [-0.2, -0.15) is 0 Å². The van der Waals surface area contributed by atoms with Gasteiger partial charge in [0.25, 0.3) is 0 Å². The molecule has 21 heavy (non-hydrogen) atoms. The molecule has 0 saturated heterocycles. The fraction of sp³-hybridized carbons (Fsp3) is 0.533. The van der Waals surface area contributed by atoms with E-state index in [0.717, 1.165) is 49.6 Å². The Morgan fingerprint density at radius 2 is 2.05 bits per heavy atom. The predicted octanol–water partition coefficient (Wildman–Crippen LogP) is 2.72. The Morgan fingerprint density at radius 1 is 1.33 bits per heavy atom. The van der Waals surface area contributed by atoms with Crippen LogP contribution in [-0.4, -0.2) is 29.4 Å². The van der Waals surface area contributed by atoms with Crippen molar-refractivity contribution in [3.8, 4) is 0 Å². The summed E-state index contributed by atoms with van der Waals surface area (Å²) in [6, 6.07) is 3.55. The molecule has 1 amide bonds. The van der Waals surface area contributed by atoms with Crippen LogP contribution in [0.4, 0.5) is 8.78 Å². The summed E-state index contributed by atoms with van der Waals surface area (Å²) in [5.41, 5.74) is 0. The van der Waals surface area contributed by atoms with Crippen LogP contribution in [0.1, 0.15) is 25.7 Å². The number of halogens is 2. The Morgan fingerprint density at radius 3 is 2.71 bits per heavy atom. The molecule has 1 aliphatic carbocycles. The van der Waals surface area contributed by atoms with Crippen molar-refractivity contribution in [2.45, 2.75) is 36.7 Å². The number of aliphatic hydroxyl groups excluding tert-OH is 1. The van der Waals surface area contributed by atoms with Crippen LogP contribution in [0.15, 0.2) is 23.1 Å². The van der Waals surface area contributed by atoms with Crippen LogP contribution < -0.4 is 5.32 Å². The van der Waals surface area contributed by atoms with E-state index in [1.807, 2.05) is 0 Å². The number of amides is 1. The van der Waals surface area contributed by atoms with Gasteiger partial charge in [-0.1, -0.05) is 12.8 Å². The average molecular weight is 315 g/mol. The van der Waals surface area contributed by atoms with Gasteiger partial charge in [0, 0.05) is 11.4 Å². The molecule has 0 aliphatic heterocycles. The molecule has 0 spiro atoms. The van der Waals surface area contributed by atoms with E-state index < -0.39 is 17.7 Å². The van der Waals surface area contributed by atoms with Crippen molar-refractivity contribution in [1.82, 2.24) is 5.32 Å². The number of aliphatic hydroxyl groups is 1. The van der Waals surface area contributed by atoms with Gasteiger partial charge in [-0.15, -0.1) is 11.8 Å². The Bertz CT molecular complexity index is 493. The van der Waals surface area contributed by atoms with Gasteiger partial charge < -0.3 is 10.4 Å². The van der Waals surface area contributed by atoms with Gasteiger partial charge in [-0.25, -0.2) is 8.78 Å². The van der Waals surface area contributed by atoms with Gasteiger partial charge in [0.05, 0.1) is 11.9 Å². The van der Waals surface area contributed by atoms with E-state index in [2.05, 4.69) is 5.32 Å². The van der Waals surface area contributed by atoms with Gasteiger partial charge in [-0.3, -0.25) is 4.79 Å². The maximum atomic E-state index is 13.0. The van der Waals surface area contributed by atoms with Crippen LogP contribution in [-0.2, 0) is 4.79 Å². The summed E-state index contributed by atoms with van der Waals surface area (Å²) in [5, 5.41) is 12.6. The monoisotopic (exact) mass is 315 g/mol. The van der Waals surface area contributed by atoms with E-state index in [1.54, 1.807) is 0 Å². The molecular weight excluding hydrogens is 296 g/mol. The topological polar surface area (TPSA) is 49.3 Å². The van der Waals surface area contributed by atoms with Crippen LogP contribution in [0.25, 0.3) is 0 Å². The fourth-order valence-electron chi connectivity index (χ4n) is 2.49. The third-order valence-electron chi connectivity index (χ3n) is 3.71. The van der Waals surface area contributed by atoms with Crippen molar-refractivity contribution in [2.75, 3.05) is 12.3 Å². The maximum Gasteiger partial charge on any atom is 0.230 e. The molecular formula is C15H19F2NO2S. The molecule has 3 nitrogen and oxygen atoms in total. The lowest BCUT2D eigenvalue weighted by atomic mass is 10.0. The number of carbonyl (C=O) groups excluding carboxylic acids is 1. The average Bonchev–Trinajstić information content (AvgIpc) is 3.00. The Kier molecular flexibility index (Phi) is 5.99. The zero-order valence-corrected chi connectivity index (χ0v) is 12.5. The molecule has 1 fully saturated rings. The molecule has 0 bridgehead atoms. The zero-order chi connectivity index (χ0) is 15.2. The molecule has 116 valence electrons. The lowest BCUT2D eigenvalue weighted by Gasteiger charge is -2.17. The van der Waals surface area contributed by atoms with Gasteiger partial charge >= 0.3 is 0 Å². The summed E-state index contributed by atoms with van der Waals surface area (Å²) in [6.07, 6.45) is 3.81. The smallest absolute Gasteiger partial charge is 0.230 e. The molecule has 1 aromatic rings. The number of hydrogen-bond acceptors (Lipinski definition) is 3. The number of carbonyl (C=O) groups is 1. The van der Waals surface area contributed by atoms with Crippen LogP contribution in [0.2, 0.25) is 0 Å². The van der Waals surface area contributed by atoms with Crippen LogP contribution in [0.5, 0.6) is 0 Å². The second-order valence-corrected chi connectivity index (χ2v) is 6.33. The highest BCUT2D eigenvalue weighted by atomic mass is 32.2. The standard InChI is InChI=1S/C15H19F2NO2S/c16-12-6-5-11(7-13(12)17)21-9-15(20)18-8-14(19)10-3-1-2-4-10/h5-7,10,14,19H,1-4,8-9H2,(H,18,20). The number of thioether (sulfide) groups is 1. The highest BCUT2D eigenvalue weighted by molar-refractivity contribution is 8.00. The van der Waals surface area contributed by atoms with Crippen molar-refractivity contribution in [3.05, 3.63) is 29.8 Å². The SMILES string of the molecule is O=C(CSc1ccc(F)c(F)c1)NCC(O)C1CCCC1. The zero-order valence-electron chi connectivity index (χ0n) is 11.6. The van der Waals surface area contributed by atoms with E-state index >= 15 is 0 Å². The quantitative estimate of drug-likeness (QED) is 0.794. The molecule has 1 aromatic carbocycles. The minimum Gasteiger partial charge on any atom is -0.391 e. The van der Waals surface area contributed by atoms with E-state index in [1.165, 1.54) is 6.07 Å². The molecule has 1 aliphatic rings. The van der Waals surface area contributed by atoms with Crippen molar-refractivity contribution < 1.29 is 18.7 Å². The van der Waals surface area contributed by atoms with E-state index in [9.17, 15) is 18.7 Å². The molecule has 1 unspecified atom stereocenters. The number of nitrogens with one attached hydrogen (secondary N) is 1. The lowest BCUT2D eigenvalue weighted by molar-refractivity contribution is -0.119. The first-order valence-corrected chi connectivity index (χ1v) is 8.07. The highest BCUT2D eigenvalue weighted by Gasteiger charge is 2.23. The minimum atomic E-state index is -0.919. The lowest BCUT2D eigenvalue weighted by Crippen LogP contribution is -2.36. The Hall–Kier alpha value is -1.14. The molecule has 0 radical (unpaired) electrons. The van der Waals surface area contributed by atoms with Gasteiger partial charge in [0.1, 0.15) is 0 Å². The molecule has 1 atom stereocenters. The predicted molar refractivity (Wildman–Crippen MR) is 78.1 cm³/mol. The second-order valence-electron chi connectivity index (χ2n) is 5.28. The molecule has 1 saturated carbocycles. The normalized spacial score (nSPS) is 16.9. The van der Waals surface area contributed by atoms with E-state index in [0.29, 0.717) is 4.90 Å². The second kappa shape index (κ2) is 7.75. The number of benzene rings is 1. The molecule has 2 rings (SSSR count). The van der Waals surface area contributed by atoms with Crippen molar-refractivity contribution in [3.63, 3.8) is 0 Å². The summed E-state index contributed by atoms with van der Waals surface area (Å²) < 4.78 is 25.8. The molecule has 0 heterocycles. The Balaban J connectivity index is 1.70. The van der Waals surface area contributed by atoms with E-state index in [-0.39, 0.29) is 24.1 Å². The number of hydrogen-bond donors (Lipinski definition) is 2. The largest absolute Gasteiger partial charge is 0.391 e. The third-order valence-corrected chi connectivity index (χ3v) is 4.71. The molecule has 0 aromatic heterocycles. The van der Waals surface area contributed by atoms with Crippen molar-refractivity contribution in [1.29, 1.82) is 0 Å². The first-order valence-electron chi connectivity index (χ1n) is 7.09. The van der Waals surface area contributed by atoms with Crippen molar-refractivity contribution in [2.24, 2.45) is 5.92 Å². The summed E-state index contributed by atoms with van der Waals surface area (Å²) in [6.45, 7) is 0.252. The number of rotatable bonds is 6. The highest BCUT2D eigenvalue weighted by Crippen LogP contribution is 2.27. The molecule has 2 N–H and O–H groups in total. The summed E-state index contributed by atoms with van der Waals surface area (Å²) >= 11 is 1.13. The summed E-state index contributed by atoms with van der Waals surface area (Å²) in [5.74, 6) is -1.64. The Labute approximate surface area is 127 Å². The maximum absolute atomic E-state index is 13.0. The third kappa shape index (κ3) is 4.97. The van der Waals surface area contributed by atoms with Gasteiger partial charge in [0.15, 0.2) is 11.6 Å². The van der Waals surface area contributed by atoms with E-state index in [4.69, 9.17) is 0 Å². The van der Waals surface area contributed by atoms with Crippen molar-refractivity contribution >= 4 is 17.7 Å². The summed E-state index contributed by atoms with van der Waals surface area (Å²) in [4.78, 5) is 12.2. The first kappa shape index (κ1) is 16.2.